The van der Waals surface area contributed by atoms with Crippen molar-refractivity contribution in [1.82, 2.24) is 19.5 Å². The smallest absolute Gasteiger partial charge is 0.364 e. The van der Waals surface area contributed by atoms with Gasteiger partial charge in [0.25, 0.3) is 0 Å². The lowest BCUT2D eigenvalue weighted by molar-refractivity contribution is -0.143. The van der Waals surface area contributed by atoms with E-state index in [-0.39, 0.29) is 30.0 Å². The van der Waals surface area contributed by atoms with E-state index in [1.54, 1.807) is 10.9 Å². The van der Waals surface area contributed by atoms with Crippen molar-refractivity contribution in [2.45, 2.75) is 38.8 Å². The van der Waals surface area contributed by atoms with Crippen molar-refractivity contribution in [3.05, 3.63) is 45.0 Å². The summed E-state index contributed by atoms with van der Waals surface area (Å²) in [5, 5.41) is 2.79. The van der Waals surface area contributed by atoms with Crippen molar-refractivity contribution in [2.24, 2.45) is 0 Å². The molecule has 12 heteroatoms. The molecular formula is C17H14F6IN5. The first-order valence-electron chi connectivity index (χ1n) is 8.28. The third-order valence-electron chi connectivity index (χ3n) is 4.06. The molecule has 0 unspecified atom stereocenters. The highest BCUT2D eigenvalue weighted by molar-refractivity contribution is 14.1. The lowest BCUT2D eigenvalue weighted by Gasteiger charge is -2.15. The second-order valence-corrected chi connectivity index (χ2v) is 7.49. The Balaban J connectivity index is 1.98. The summed E-state index contributed by atoms with van der Waals surface area (Å²) in [6.07, 6.45) is -8.25. The van der Waals surface area contributed by atoms with Crippen LogP contribution in [0.5, 0.6) is 0 Å². The third kappa shape index (κ3) is 4.73. The van der Waals surface area contributed by atoms with Crippen LogP contribution in [-0.2, 0) is 18.9 Å². The average Bonchev–Trinajstić information content (AvgIpc) is 3.01. The number of rotatable bonds is 4. The van der Waals surface area contributed by atoms with E-state index in [0.29, 0.717) is 27.1 Å². The minimum atomic E-state index is -4.90. The first kappa shape index (κ1) is 21.6. The topological polar surface area (TPSA) is 55.6 Å². The molecule has 0 saturated heterocycles. The van der Waals surface area contributed by atoms with E-state index in [2.05, 4.69) is 20.3 Å². The highest BCUT2D eigenvalue weighted by Crippen LogP contribution is 2.36. The molecule has 0 fully saturated rings. The molecule has 156 valence electrons. The summed E-state index contributed by atoms with van der Waals surface area (Å²) in [6.45, 7) is 3.54. The number of anilines is 1. The quantitative estimate of drug-likeness (QED) is 0.269. The molecule has 2 heterocycles. The fourth-order valence-electron chi connectivity index (χ4n) is 2.70. The van der Waals surface area contributed by atoms with Crippen LogP contribution in [0, 0.1) is 3.83 Å². The van der Waals surface area contributed by atoms with Crippen LogP contribution in [0.3, 0.4) is 0 Å². The summed E-state index contributed by atoms with van der Waals surface area (Å²) in [4.78, 5) is 12.7. The number of halogens is 7. The summed E-state index contributed by atoms with van der Waals surface area (Å²) >= 11 is 1.88. The molecule has 0 atom stereocenters. The van der Waals surface area contributed by atoms with Gasteiger partial charge in [0.05, 0.1) is 17.5 Å². The van der Waals surface area contributed by atoms with E-state index in [1.165, 1.54) is 0 Å². The molecule has 0 saturated carbocycles. The average molecular weight is 529 g/mol. The van der Waals surface area contributed by atoms with Crippen molar-refractivity contribution in [3.63, 3.8) is 0 Å². The SMILES string of the molecule is CC(C)n1cnc2c(NCc3cc(C(F)(F)F)cc(C(F)(F)F)c3)nc(I)nc21. The highest BCUT2D eigenvalue weighted by Gasteiger charge is 2.36. The maximum absolute atomic E-state index is 13.0. The van der Waals surface area contributed by atoms with Gasteiger partial charge in [-0.2, -0.15) is 26.3 Å². The molecule has 3 aromatic rings. The molecule has 0 bridgehead atoms. The molecule has 0 radical (unpaired) electrons. The Kier molecular flexibility index (Phi) is 5.66. The van der Waals surface area contributed by atoms with Gasteiger partial charge >= 0.3 is 12.4 Å². The largest absolute Gasteiger partial charge is 0.416 e. The summed E-state index contributed by atoms with van der Waals surface area (Å²) in [6, 6.07) is 1.51. The second kappa shape index (κ2) is 7.61. The zero-order valence-corrected chi connectivity index (χ0v) is 17.2. The molecule has 2 aromatic heterocycles. The standard InChI is InChI=1S/C17H14F6IN5/c1-8(2)29-7-26-12-13(27-15(24)28-14(12)29)25-6-9-3-10(16(18,19)20)5-11(4-9)17(21,22)23/h3-5,7-8H,6H2,1-2H3,(H,25,27,28). The van der Waals surface area contributed by atoms with Gasteiger partial charge in [0.1, 0.15) is 0 Å². The van der Waals surface area contributed by atoms with Crippen molar-refractivity contribution >= 4 is 39.6 Å². The number of nitrogens with zero attached hydrogens (tertiary/aromatic N) is 4. The monoisotopic (exact) mass is 529 g/mol. The highest BCUT2D eigenvalue weighted by atomic mass is 127. The van der Waals surface area contributed by atoms with E-state index in [9.17, 15) is 26.3 Å². The molecule has 1 aromatic carbocycles. The van der Waals surface area contributed by atoms with Crippen LogP contribution in [0.15, 0.2) is 24.5 Å². The number of alkyl halides is 6. The van der Waals surface area contributed by atoms with Crippen LogP contribution in [-0.4, -0.2) is 19.5 Å². The van der Waals surface area contributed by atoms with Gasteiger partial charge in [-0.25, -0.2) is 15.0 Å². The molecule has 0 spiro atoms. The third-order valence-corrected chi connectivity index (χ3v) is 4.54. The Bertz CT molecular complexity index is 1010. The number of nitrogens with one attached hydrogen (secondary N) is 1. The maximum atomic E-state index is 13.0. The Labute approximate surface area is 174 Å². The van der Waals surface area contributed by atoms with Crippen LogP contribution in [0.4, 0.5) is 32.2 Å². The predicted octanol–water partition coefficient (Wildman–Crippen LogP) is 5.66. The van der Waals surface area contributed by atoms with Gasteiger partial charge in [0.15, 0.2) is 20.8 Å². The number of hydrogen-bond acceptors (Lipinski definition) is 4. The molecule has 29 heavy (non-hydrogen) atoms. The minimum absolute atomic E-state index is 0.0522. The minimum Gasteiger partial charge on any atom is -0.364 e. The van der Waals surface area contributed by atoms with Crippen LogP contribution in [0.2, 0.25) is 0 Å². The number of fused-ring (bicyclic) bond motifs is 1. The van der Waals surface area contributed by atoms with Gasteiger partial charge in [-0.15, -0.1) is 0 Å². The lowest BCUT2D eigenvalue weighted by Crippen LogP contribution is -2.13. The Morgan fingerprint density at radius 2 is 1.59 bits per heavy atom. The predicted molar refractivity (Wildman–Crippen MR) is 102 cm³/mol. The number of benzene rings is 1. The zero-order chi connectivity index (χ0) is 21.6. The molecule has 1 N–H and O–H groups in total. The van der Waals surface area contributed by atoms with E-state index in [4.69, 9.17) is 0 Å². The summed E-state index contributed by atoms with van der Waals surface area (Å²) in [7, 11) is 0. The normalized spacial score (nSPS) is 12.8. The van der Waals surface area contributed by atoms with Crippen molar-refractivity contribution in [1.29, 1.82) is 0 Å². The fraction of sp³-hybridized carbons (Fsp3) is 0.353. The molecule has 3 rings (SSSR count). The van der Waals surface area contributed by atoms with E-state index >= 15 is 0 Å². The van der Waals surface area contributed by atoms with E-state index < -0.39 is 23.5 Å². The lowest BCUT2D eigenvalue weighted by atomic mass is 10.0. The van der Waals surface area contributed by atoms with Crippen molar-refractivity contribution in [2.75, 3.05) is 5.32 Å². The fourth-order valence-corrected chi connectivity index (χ4v) is 3.17. The Hall–Kier alpha value is -2.12. The van der Waals surface area contributed by atoms with Crippen LogP contribution >= 0.6 is 22.6 Å². The van der Waals surface area contributed by atoms with Crippen LogP contribution in [0.1, 0.15) is 36.6 Å². The summed E-state index contributed by atoms with van der Waals surface area (Å²) in [5.41, 5.74) is -2.02. The first-order valence-corrected chi connectivity index (χ1v) is 9.36. The number of imidazole rings is 1. The Morgan fingerprint density at radius 3 is 2.10 bits per heavy atom. The van der Waals surface area contributed by atoms with E-state index in [1.807, 2.05) is 36.4 Å². The molecule has 0 aliphatic carbocycles. The van der Waals surface area contributed by atoms with Gasteiger partial charge in [0.2, 0.25) is 0 Å². The van der Waals surface area contributed by atoms with Gasteiger partial charge in [-0.1, -0.05) is 0 Å². The number of hydrogen-bond donors (Lipinski definition) is 1. The van der Waals surface area contributed by atoms with Crippen LogP contribution in [0.25, 0.3) is 11.2 Å². The summed E-state index contributed by atoms with van der Waals surface area (Å²) in [5.74, 6) is 0.227. The van der Waals surface area contributed by atoms with E-state index in [0.717, 1.165) is 0 Å². The Morgan fingerprint density at radius 1 is 1.00 bits per heavy atom. The molecular weight excluding hydrogens is 515 g/mol. The van der Waals surface area contributed by atoms with Gasteiger partial charge in [-0.05, 0) is 37.6 Å². The van der Waals surface area contributed by atoms with Gasteiger partial charge < -0.3 is 9.88 Å². The van der Waals surface area contributed by atoms with Gasteiger partial charge in [-0.3, -0.25) is 0 Å². The van der Waals surface area contributed by atoms with Crippen molar-refractivity contribution < 1.29 is 26.3 Å². The van der Waals surface area contributed by atoms with Crippen LogP contribution < -0.4 is 5.32 Å². The van der Waals surface area contributed by atoms with Crippen molar-refractivity contribution in [3.8, 4) is 0 Å². The molecule has 5 nitrogen and oxygen atoms in total. The van der Waals surface area contributed by atoms with Gasteiger partial charge in [0, 0.05) is 35.2 Å². The summed E-state index contributed by atoms with van der Waals surface area (Å²) < 4.78 is 80.2. The zero-order valence-electron chi connectivity index (χ0n) is 15.0. The first-order chi connectivity index (χ1) is 13.4. The molecule has 0 aliphatic rings. The second-order valence-electron chi connectivity index (χ2n) is 6.53. The molecule has 0 aliphatic heterocycles. The molecule has 0 amide bonds. The number of aromatic nitrogens is 4. The maximum Gasteiger partial charge on any atom is 0.416 e.